The zero-order chi connectivity index (χ0) is 12.8. The van der Waals surface area contributed by atoms with Crippen LogP contribution in [0.15, 0.2) is 17.0 Å². The Morgan fingerprint density at radius 2 is 2.18 bits per heavy atom. The molecule has 0 aliphatic heterocycles. The van der Waals surface area contributed by atoms with Crippen LogP contribution in [0.1, 0.15) is 13.3 Å². The molecule has 6 heteroatoms. The van der Waals surface area contributed by atoms with E-state index in [1.807, 2.05) is 4.90 Å². The third-order valence-corrected chi connectivity index (χ3v) is 2.83. The molecule has 0 aliphatic rings. The predicted octanol–water partition coefficient (Wildman–Crippen LogP) is 1.54. The summed E-state index contributed by atoms with van der Waals surface area (Å²) in [6.45, 7) is 3.19. The monoisotopic (exact) mass is 300 g/mol. The molecule has 0 aromatic carbocycles. The van der Waals surface area contributed by atoms with E-state index >= 15 is 0 Å². The number of rotatable bonds is 5. The van der Waals surface area contributed by atoms with Crippen molar-refractivity contribution >= 4 is 27.7 Å². The van der Waals surface area contributed by atoms with Gasteiger partial charge in [0.2, 0.25) is 5.91 Å². The molecule has 0 aliphatic carbocycles. The molecule has 0 radical (unpaired) electrons. The summed E-state index contributed by atoms with van der Waals surface area (Å²) in [5, 5.41) is 0. The summed E-state index contributed by atoms with van der Waals surface area (Å²) >= 11 is 3.40. The summed E-state index contributed by atoms with van der Waals surface area (Å²) in [7, 11) is 3.50. The Hall–Kier alpha value is -1.17. The molecule has 1 amide bonds. The lowest BCUT2D eigenvalue weighted by Crippen LogP contribution is -2.37. The highest BCUT2D eigenvalue weighted by atomic mass is 79.9. The zero-order valence-corrected chi connectivity index (χ0v) is 11.9. The topological polar surface area (TPSA) is 49.3 Å². The van der Waals surface area contributed by atoms with Crippen molar-refractivity contribution in [2.45, 2.75) is 13.3 Å². The van der Waals surface area contributed by atoms with Gasteiger partial charge in [-0.1, -0.05) is 6.92 Å². The molecule has 1 rings (SSSR count). The number of aromatic nitrogens is 2. The van der Waals surface area contributed by atoms with Gasteiger partial charge in [-0.2, -0.15) is 0 Å². The van der Waals surface area contributed by atoms with Gasteiger partial charge in [-0.3, -0.25) is 4.79 Å². The number of halogens is 1. The smallest absolute Gasteiger partial charge is 0.241 e. The van der Waals surface area contributed by atoms with Gasteiger partial charge in [0, 0.05) is 26.8 Å². The Bertz CT molecular complexity index is 383. The van der Waals surface area contributed by atoms with Crippen LogP contribution in [-0.2, 0) is 4.79 Å². The molecule has 94 valence electrons. The lowest BCUT2D eigenvalue weighted by atomic mass is 10.3. The second-order valence-corrected chi connectivity index (χ2v) is 4.76. The minimum atomic E-state index is 0.0592. The van der Waals surface area contributed by atoms with Crippen LogP contribution in [-0.4, -0.2) is 48.0 Å². The third-order valence-electron chi connectivity index (χ3n) is 2.27. The number of carbonyl (C=O) groups is 1. The van der Waals surface area contributed by atoms with Gasteiger partial charge in [-0.25, -0.2) is 9.97 Å². The molecule has 1 heterocycles. The number of likely N-dealkylation sites (N-methyl/N-ethyl adjacent to an activating group) is 1. The van der Waals surface area contributed by atoms with E-state index in [1.165, 1.54) is 6.33 Å². The number of carbonyl (C=O) groups excluding carboxylic acids is 1. The molecule has 1 aromatic heterocycles. The fourth-order valence-corrected chi connectivity index (χ4v) is 1.84. The van der Waals surface area contributed by atoms with Gasteiger partial charge in [0.05, 0.1) is 11.0 Å². The van der Waals surface area contributed by atoms with E-state index in [0.29, 0.717) is 6.54 Å². The van der Waals surface area contributed by atoms with Crippen LogP contribution in [0.2, 0.25) is 0 Å². The molecule has 0 spiro atoms. The minimum absolute atomic E-state index is 0.0592. The standard InChI is InChI=1S/C11H17BrN4O/c1-4-5-16(7-10(17)15(2)3)11-9(12)6-13-8-14-11/h6,8H,4-5,7H2,1-3H3. The van der Waals surface area contributed by atoms with Crippen molar-refractivity contribution in [2.24, 2.45) is 0 Å². The maximum atomic E-state index is 11.7. The molecule has 0 unspecified atom stereocenters. The van der Waals surface area contributed by atoms with Gasteiger partial charge < -0.3 is 9.80 Å². The molecule has 0 fully saturated rings. The average molecular weight is 301 g/mol. The maximum Gasteiger partial charge on any atom is 0.241 e. The second kappa shape index (κ2) is 6.54. The van der Waals surface area contributed by atoms with Crippen molar-refractivity contribution in [1.82, 2.24) is 14.9 Å². The third kappa shape index (κ3) is 3.96. The average Bonchev–Trinajstić information content (AvgIpc) is 2.29. The van der Waals surface area contributed by atoms with E-state index < -0.39 is 0 Å². The zero-order valence-electron chi connectivity index (χ0n) is 10.4. The van der Waals surface area contributed by atoms with E-state index in [4.69, 9.17) is 0 Å². The second-order valence-electron chi connectivity index (χ2n) is 3.90. The van der Waals surface area contributed by atoms with Crippen molar-refractivity contribution in [3.05, 3.63) is 17.0 Å². The molecule has 0 bridgehead atoms. The number of hydrogen-bond acceptors (Lipinski definition) is 4. The highest BCUT2D eigenvalue weighted by Crippen LogP contribution is 2.21. The van der Waals surface area contributed by atoms with E-state index in [1.54, 1.807) is 25.2 Å². The van der Waals surface area contributed by atoms with Gasteiger partial charge >= 0.3 is 0 Å². The minimum Gasteiger partial charge on any atom is -0.347 e. The fraction of sp³-hybridized carbons (Fsp3) is 0.545. The van der Waals surface area contributed by atoms with Gasteiger partial charge in [0.25, 0.3) is 0 Å². The first kappa shape index (κ1) is 13.9. The molecular weight excluding hydrogens is 284 g/mol. The van der Waals surface area contributed by atoms with E-state index in [-0.39, 0.29) is 5.91 Å². The summed E-state index contributed by atoms with van der Waals surface area (Å²) in [4.78, 5) is 23.4. The number of nitrogens with zero attached hydrogens (tertiary/aromatic N) is 4. The van der Waals surface area contributed by atoms with E-state index in [0.717, 1.165) is 23.3 Å². The molecule has 1 aromatic rings. The lowest BCUT2D eigenvalue weighted by Gasteiger charge is -2.24. The SMILES string of the molecule is CCCN(CC(=O)N(C)C)c1ncncc1Br. The van der Waals surface area contributed by atoms with Crippen LogP contribution in [0.4, 0.5) is 5.82 Å². The Morgan fingerprint density at radius 3 is 2.71 bits per heavy atom. The van der Waals surface area contributed by atoms with Crippen molar-refractivity contribution in [3.8, 4) is 0 Å². The van der Waals surface area contributed by atoms with Crippen molar-refractivity contribution in [2.75, 3.05) is 32.1 Å². The summed E-state index contributed by atoms with van der Waals surface area (Å²) < 4.78 is 0.806. The fourth-order valence-electron chi connectivity index (χ4n) is 1.37. The molecule has 17 heavy (non-hydrogen) atoms. The summed E-state index contributed by atoms with van der Waals surface area (Å²) in [5.41, 5.74) is 0. The van der Waals surface area contributed by atoms with Crippen LogP contribution < -0.4 is 4.90 Å². The van der Waals surface area contributed by atoms with Gasteiger partial charge in [-0.15, -0.1) is 0 Å². The van der Waals surface area contributed by atoms with Crippen molar-refractivity contribution in [1.29, 1.82) is 0 Å². The first-order valence-corrected chi connectivity index (χ1v) is 6.26. The highest BCUT2D eigenvalue weighted by Gasteiger charge is 2.15. The maximum absolute atomic E-state index is 11.7. The molecule has 0 saturated carbocycles. The normalized spacial score (nSPS) is 10.1. The number of anilines is 1. The molecule has 5 nitrogen and oxygen atoms in total. The number of amides is 1. The highest BCUT2D eigenvalue weighted by molar-refractivity contribution is 9.10. The summed E-state index contributed by atoms with van der Waals surface area (Å²) in [6, 6.07) is 0. The lowest BCUT2D eigenvalue weighted by molar-refractivity contribution is -0.127. The summed E-state index contributed by atoms with van der Waals surface area (Å²) in [5.74, 6) is 0.820. The molecular formula is C11H17BrN4O. The predicted molar refractivity (Wildman–Crippen MR) is 70.9 cm³/mol. The first-order chi connectivity index (χ1) is 8.06. The van der Waals surface area contributed by atoms with Crippen molar-refractivity contribution in [3.63, 3.8) is 0 Å². The number of hydrogen-bond donors (Lipinski definition) is 0. The Morgan fingerprint density at radius 1 is 1.47 bits per heavy atom. The quantitative estimate of drug-likeness (QED) is 0.828. The van der Waals surface area contributed by atoms with E-state index in [9.17, 15) is 4.79 Å². The van der Waals surface area contributed by atoms with Crippen LogP contribution in [0, 0.1) is 0 Å². The van der Waals surface area contributed by atoms with E-state index in [2.05, 4.69) is 32.8 Å². The van der Waals surface area contributed by atoms with Crippen LogP contribution in [0.3, 0.4) is 0 Å². The summed E-state index contributed by atoms with van der Waals surface area (Å²) in [6.07, 6.45) is 4.13. The Balaban J connectivity index is 2.86. The Labute approximate surface area is 110 Å². The Kier molecular flexibility index (Phi) is 5.34. The van der Waals surface area contributed by atoms with Crippen LogP contribution in [0.5, 0.6) is 0 Å². The van der Waals surface area contributed by atoms with Gasteiger partial charge in [-0.05, 0) is 22.4 Å². The molecule has 0 atom stereocenters. The first-order valence-electron chi connectivity index (χ1n) is 5.46. The molecule has 0 saturated heterocycles. The van der Waals surface area contributed by atoms with Crippen LogP contribution >= 0.6 is 15.9 Å². The van der Waals surface area contributed by atoms with Gasteiger partial charge in [0.1, 0.15) is 12.1 Å². The molecule has 0 N–H and O–H groups in total. The van der Waals surface area contributed by atoms with Crippen molar-refractivity contribution < 1.29 is 4.79 Å². The largest absolute Gasteiger partial charge is 0.347 e. The van der Waals surface area contributed by atoms with Gasteiger partial charge in [0.15, 0.2) is 0 Å². The van der Waals surface area contributed by atoms with Crippen LogP contribution in [0.25, 0.3) is 0 Å².